The van der Waals surface area contributed by atoms with Gasteiger partial charge < -0.3 is 15.6 Å². The Bertz CT molecular complexity index is 784. The van der Waals surface area contributed by atoms with Gasteiger partial charge in [0.25, 0.3) is 0 Å². The van der Waals surface area contributed by atoms with Crippen LogP contribution < -0.4 is 10.6 Å². The zero-order valence-corrected chi connectivity index (χ0v) is 13.8. The van der Waals surface area contributed by atoms with Crippen molar-refractivity contribution in [3.8, 4) is 11.3 Å². The number of nitrogens with zero attached hydrogens (tertiary/aromatic N) is 1. The van der Waals surface area contributed by atoms with Crippen LogP contribution in [0.15, 0.2) is 65.3 Å². The first-order chi connectivity index (χ1) is 11.2. The summed E-state index contributed by atoms with van der Waals surface area (Å²) in [6, 6.07) is 17.0. The highest BCUT2D eigenvalue weighted by Gasteiger charge is 2.05. The van der Waals surface area contributed by atoms with Gasteiger partial charge in [-0.2, -0.15) is 0 Å². The molecule has 3 aromatic rings. The van der Waals surface area contributed by atoms with Gasteiger partial charge in [-0.15, -0.1) is 0 Å². The lowest BCUT2D eigenvalue weighted by Gasteiger charge is -2.06. The third-order valence-corrected chi connectivity index (χ3v) is 3.76. The van der Waals surface area contributed by atoms with Crippen molar-refractivity contribution in [3.05, 3.63) is 71.1 Å². The van der Waals surface area contributed by atoms with E-state index in [2.05, 4.69) is 36.5 Å². The van der Waals surface area contributed by atoms with E-state index in [4.69, 9.17) is 0 Å². The van der Waals surface area contributed by atoms with Gasteiger partial charge in [0.05, 0.1) is 18.4 Å². The summed E-state index contributed by atoms with van der Waals surface area (Å²) in [4.78, 5) is 19.3. The molecule has 0 fully saturated rings. The van der Waals surface area contributed by atoms with Gasteiger partial charge in [-0.05, 0) is 29.8 Å². The molecule has 0 aliphatic heterocycles. The predicted octanol–water partition coefficient (Wildman–Crippen LogP) is 4.16. The maximum absolute atomic E-state index is 11.9. The van der Waals surface area contributed by atoms with E-state index in [-0.39, 0.29) is 6.03 Å². The molecule has 5 nitrogen and oxygen atoms in total. The van der Waals surface area contributed by atoms with Gasteiger partial charge in [0.1, 0.15) is 5.82 Å². The molecule has 3 N–H and O–H groups in total. The normalized spacial score (nSPS) is 10.3. The average Bonchev–Trinajstić information content (AvgIpc) is 3.05. The number of carbonyl (C=O) groups is 1. The fourth-order valence-corrected chi connectivity index (χ4v) is 2.35. The number of anilines is 1. The van der Waals surface area contributed by atoms with Crippen LogP contribution in [0.25, 0.3) is 11.3 Å². The highest BCUT2D eigenvalue weighted by atomic mass is 79.9. The van der Waals surface area contributed by atoms with E-state index in [0.29, 0.717) is 12.4 Å². The number of urea groups is 1. The van der Waals surface area contributed by atoms with Crippen molar-refractivity contribution in [2.75, 3.05) is 5.32 Å². The van der Waals surface area contributed by atoms with E-state index < -0.39 is 0 Å². The summed E-state index contributed by atoms with van der Waals surface area (Å²) in [5, 5.41) is 5.54. The number of halogens is 1. The van der Waals surface area contributed by atoms with Gasteiger partial charge >= 0.3 is 6.03 Å². The highest BCUT2D eigenvalue weighted by Crippen LogP contribution is 2.16. The Labute approximate surface area is 142 Å². The van der Waals surface area contributed by atoms with Crippen LogP contribution in [0.3, 0.4) is 0 Å². The van der Waals surface area contributed by atoms with Gasteiger partial charge in [-0.25, -0.2) is 9.78 Å². The smallest absolute Gasteiger partial charge is 0.319 e. The molecule has 6 heteroatoms. The summed E-state index contributed by atoms with van der Waals surface area (Å²) in [6.45, 7) is 0.329. The second-order valence-corrected chi connectivity index (χ2v) is 5.84. The molecule has 116 valence electrons. The van der Waals surface area contributed by atoms with Crippen LogP contribution in [0.1, 0.15) is 5.82 Å². The van der Waals surface area contributed by atoms with E-state index >= 15 is 0 Å². The van der Waals surface area contributed by atoms with Crippen LogP contribution in [-0.4, -0.2) is 16.0 Å². The number of nitrogens with one attached hydrogen (secondary N) is 3. The van der Waals surface area contributed by atoms with Gasteiger partial charge in [0, 0.05) is 10.2 Å². The molecule has 1 aromatic heterocycles. The van der Waals surface area contributed by atoms with Crippen LogP contribution >= 0.6 is 15.9 Å². The Morgan fingerprint density at radius 1 is 1.09 bits per heavy atom. The Kier molecular flexibility index (Phi) is 4.73. The molecule has 0 radical (unpaired) electrons. The second kappa shape index (κ2) is 7.11. The Hall–Kier alpha value is -2.60. The number of H-pyrrole nitrogens is 1. The van der Waals surface area contributed by atoms with E-state index in [1.54, 1.807) is 6.20 Å². The number of carbonyl (C=O) groups excluding carboxylic acids is 1. The molecular weight excluding hydrogens is 356 g/mol. The third-order valence-electron chi connectivity index (χ3n) is 3.23. The van der Waals surface area contributed by atoms with Gasteiger partial charge in [-0.3, -0.25) is 0 Å². The molecule has 0 atom stereocenters. The molecule has 0 saturated heterocycles. The van der Waals surface area contributed by atoms with Crippen LogP contribution in [0.2, 0.25) is 0 Å². The van der Waals surface area contributed by atoms with Gasteiger partial charge in [0.2, 0.25) is 0 Å². The Balaban J connectivity index is 1.55. The number of hydrogen-bond acceptors (Lipinski definition) is 2. The largest absolute Gasteiger partial charge is 0.341 e. The second-order valence-electron chi connectivity index (χ2n) is 4.92. The minimum atomic E-state index is -0.273. The number of benzene rings is 2. The third kappa shape index (κ3) is 4.20. The van der Waals surface area contributed by atoms with Gasteiger partial charge in [0.15, 0.2) is 0 Å². The molecule has 23 heavy (non-hydrogen) atoms. The number of aromatic amines is 1. The summed E-state index contributed by atoms with van der Waals surface area (Å²) in [6.07, 6.45) is 1.76. The minimum absolute atomic E-state index is 0.273. The number of rotatable bonds is 4. The van der Waals surface area contributed by atoms with Crippen molar-refractivity contribution in [1.29, 1.82) is 0 Å². The molecule has 2 amide bonds. The number of hydrogen-bond donors (Lipinski definition) is 3. The van der Waals surface area contributed by atoms with Crippen molar-refractivity contribution in [2.24, 2.45) is 0 Å². The minimum Gasteiger partial charge on any atom is -0.341 e. The lowest BCUT2D eigenvalue weighted by molar-refractivity contribution is 0.251. The number of imidazole rings is 1. The molecule has 0 spiro atoms. The number of amides is 2. The molecule has 0 aliphatic carbocycles. The molecule has 0 aliphatic rings. The molecule has 3 rings (SSSR count). The topological polar surface area (TPSA) is 69.8 Å². The van der Waals surface area contributed by atoms with Crippen molar-refractivity contribution in [2.45, 2.75) is 6.54 Å². The van der Waals surface area contributed by atoms with Crippen molar-refractivity contribution >= 4 is 27.6 Å². The highest BCUT2D eigenvalue weighted by molar-refractivity contribution is 9.10. The molecule has 1 heterocycles. The zero-order valence-electron chi connectivity index (χ0n) is 12.2. The van der Waals surface area contributed by atoms with Crippen molar-refractivity contribution in [3.63, 3.8) is 0 Å². The maximum Gasteiger partial charge on any atom is 0.319 e. The van der Waals surface area contributed by atoms with Crippen molar-refractivity contribution < 1.29 is 4.79 Å². The monoisotopic (exact) mass is 370 g/mol. The van der Waals surface area contributed by atoms with Crippen molar-refractivity contribution in [1.82, 2.24) is 15.3 Å². The molecule has 2 aromatic carbocycles. The first-order valence-corrected chi connectivity index (χ1v) is 7.90. The Morgan fingerprint density at radius 3 is 2.57 bits per heavy atom. The molecular formula is C17H15BrN4O. The summed E-state index contributed by atoms with van der Waals surface area (Å²) in [5.74, 6) is 0.704. The molecule has 0 bridgehead atoms. The van der Waals surface area contributed by atoms with E-state index in [1.165, 1.54) is 0 Å². The summed E-state index contributed by atoms with van der Waals surface area (Å²) >= 11 is 3.35. The van der Waals surface area contributed by atoms with Crippen LogP contribution in [0, 0.1) is 0 Å². The lowest BCUT2D eigenvalue weighted by atomic mass is 10.2. The van der Waals surface area contributed by atoms with Gasteiger partial charge in [-0.1, -0.05) is 46.3 Å². The van der Waals surface area contributed by atoms with Crippen LogP contribution in [0.5, 0.6) is 0 Å². The van der Waals surface area contributed by atoms with E-state index in [0.717, 1.165) is 21.4 Å². The summed E-state index contributed by atoms with van der Waals surface area (Å²) in [7, 11) is 0. The molecule has 0 unspecified atom stereocenters. The van der Waals surface area contributed by atoms with E-state index in [1.807, 2.05) is 54.6 Å². The Morgan fingerprint density at radius 2 is 1.83 bits per heavy atom. The fourth-order valence-electron chi connectivity index (χ4n) is 2.09. The summed E-state index contributed by atoms with van der Waals surface area (Å²) < 4.78 is 0.965. The van der Waals surface area contributed by atoms with Crippen LogP contribution in [0.4, 0.5) is 10.5 Å². The predicted molar refractivity (Wildman–Crippen MR) is 94.0 cm³/mol. The fraction of sp³-hybridized carbons (Fsp3) is 0.0588. The zero-order chi connectivity index (χ0) is 16.1. The quantitative estimate of drug-likeness (QED) is 0.645. The first-order valence-electron chi connectivity index (χ1n) is 7.10. The van der Waals surface area contributed by atoms with Crippen LogP contribution in [-0.2, 0) is 6.54 Å². The maximum atomic E-state index is 11.9. The van der Waals surface area contributed by atoms with E-state index in [9.17, 15) is 4.79 Å². The SMILES string of the molecule is O=C(NCc1ncc(-c2ccccc2)[nH]1)Nc1ccc(Br)cc1. The number of aromatic nitrogens is 2. The first kappa shape index (κ1) is 15.3. The summed E-state index contributed by atoms with van der Waals surface area (Å²) in [5.41, 5.74) is 2.72. The average molecular weight is 371 g/mol. The standard InChI is InChI=1S/C17H15BrN4O/c18-13-6-8-14(9-7-13)21-17(23)20-11-16-19-10-15(22-16)12-4-2-1-3-5-12/h1-10H,11H2,(H,19,22)(H2,20,21,23). The molecule has 0 saturated carbocycles. The lowest BCUT2D eigenvalue weighted by Crippen LogP contribution is -2.28.